The van der Waals surface area contributed by atoms with E-state index in [9.17, 15) is 57.5 Å². The third-order valence-corrected chi connectivity index (χ3v) is 15.3. The van der Waals surface area contributed by atoms with E-state index < -0.39 is 152 Å². The van der Waals surface area contributed by atoms with E-state index in [4.69, 9.17) is 0 Å². The molecule has 61 heavy (non-hydrogen) atoms. The summed E-state index contributed by atoms with van der Waals surface area (Å²) in [4.78, 5) is 12.2. The van der Waals surface area contributed by atoms with Gasteiger partial charge in [-0.1, -0.05) is 30.3 Å². The number of carbonyl (C=O) groups is 1. The standard InChI is InChI=1S/C24BF20.C14H22OP/c26-5-1(6(27)14(35)21(42)13(5)34)25(2-7(28)15(36)22(43)16(37)8(2)29,3-9(30)17(38)23(44)18(39)10(3)31)4-11(32)19(40)24(45)20(41)12(4)33;1-4-16(5-2,6-3)12-14(15)13-10-8-7-9-11-13/h;7-11H,4-6,12H2,1-3H3/q-1;+1. The van der Waals surface area contributed by atoms with Crippen LogP contribution in [0, 0.1) is 116 Å². The quantitative estimate of drug-likeness (QED) is 0.0341. The molecule has 0 heterocycles. The maximum atomic E-state index is 15.4. The van der Waals surface area contributed by atoms with Crippen molar-refractivity contribution in [3.05, 3.63) is 152 Å². The normalized spacial score (nSPS) is 11.9. The first-order chi connectivity index (χ1) is 28.4. The minimum absolute atomic E-state index is 0.333. The molecule has 0 aliphatic carbocycles. The van der Waals surface area contributed by atoms with Crippen LogP contribution < -0.4 is 21.9 Å². The molecule has 0 fully saturated rings. The Kier molecular flexibility index (Phi) is 14.4. The number of halogens is 20. The van der Waals surface area contributed by atoms with Crippen LogP contribution in [0.25, 0.3) is 0 Å². The largest absolute Gasteiger partial charge is 0.290 e. The number of Topliss-reactive ketones (excluding diaryl/α,β-unsaturated/α-hetero) is 1. The average Bonchev–Trinajstić information content (AvgIpc) is 3.25. The molecule has 23 heteroatoms. The van der Waals surface area contributed by atoms with Crippen LogP contribution in [-0.2, 0) is 0 Å². The summed E-state index contributed by atoms with van der Waals surface area (Å²) in [6, 6.07) is 9.70. The number of rotatable bonds is 10. The van der Waals surface area contributed by atoms with Gasteiger partial charge in [-0.3, -0.25) is 4.79 Å². The Morgan fingerprint density at radius 2 is 0.557 bits per heavy atom. The third-order valence-electron chi connectivity index (χ3n) is 10.3. The van der Waals surface area contributed by atoms with Crippen LogP contribution in [-0.4, -0.2) is 36.6 Å². The highest BCUT2D eigenvalue weighted by molar-refractivity contribution is 7.76. The summed E-state index contributed by atoms with van der Waals surface area (Å²) in [5, 5.41) is 0. The van der Waals surface area contributed by atoms with Gasteiger partial charge in [-0.2, -0.15) is 0 Å². The highest BCUT2D eigenvalue weighted by Crippen LogP contribution is 2.57. The van der Waals surface area contributed by atoms with Gasteiger partial charge in [0.15, 0.2) is 75.6 Å². The smallest absolute Gasteiger partial charge is 0.200 e. The molecule has 5 aromatic carbocycles. The maximum Gasteiger partial charge on any atom is 0.200 e. The van der Waals surface area contributed by atoms with Crippen LogP contribution >= 0.6 is 7.26 Å². The van der Waals surface area contributed by atoms with Gasteiger partial charge >= 0.3 is 0 Å². The van der Waals surface area contributed by atoms with Crippen molar-refractivity contribution in [1.82, 2.24) is 0 Å². The lowest BCUT2D eigenvalue weighted by Crippen LogP contribution is -2.81. The molecule has 5 rings (SSSR count). The van der Waals surface area contributed by atoms with Crippen LogP contribution in [0.2, 0.25) is 0 Å². The first-order valence-electron chi connectivity index (χ1n) is 17.0. The Morgan fingerprint density at radius 3 is 0.754 bits per heavy atom. The van der Waals surface area contributed by atoms with E-state index in [0.29, 0.717) is 5.78 Å². The molecule has 0 aliphatic rings. The van der Waals surface area contributed by atoms with Crippen molar-refractivity contribution in [2.75, 3.05) is 24.6 Å². The average molecular weight is 916 g/mol. The Labute approximate surface area is 331 Å². The van der Waals surface area contributed by atoms with Gasteiger partial charge in [0, 0.05) is 12.8 Å². The number of carbonyl (C=O) groups excluding carboxylic acids is 1. The van der Waals surface area contributed by atoms with Gasteiger partial charge in [-0.05, 0) is 20.8 Å². The lowest BCUT2D eigenvalue weighted by atomic mass is 9.12. The molecule has 0 saturated heterocycles. The first kappa shape index (κ1) is 48.5. The van der Waals surface area contributed by atoms with Crippen molar-refractivity contribution in [3.8, 4) is 0 Å². The number of hydrogen-bond acceptors (Lipinski definition) is 1. The minimum Gasteiger partial charge on any atom is -0.290 e. The van der Waals surface area contributed by atoms with E-state index in [-0.39, 0.29) is 0 Å². The van der Waals surface area contributed by atoms with Crippen molar-refractivity contribution >= 4 is 41.0 Å². The maximum absolute atomic E-state index is 15.4. The van der Waals surface area contributed by atoms with Crippen molar-refractivity contribution in [1.29, 1.82) is 0 Å². The van der Waals surface area contributed by atoms with Crippen molar-refractivity contribution < 1.29 is 92.6 Å². The highest BCUT2D eigenvalue weighted by atomic mass is 31.2. The fourth-order valence-corrected chi connectivity index (χ4v) is 9.70. The zero-order chi connectivity index (χ0) is 46.4. The molecule has 0 unspecified atom stereocenters. The zero-order valence-corrected chi connectivity index (χ0v) is 31.6. The summed E-state index contributed by atoms with van der Waals surface area (Å²) in [5.41, 5.74) is -13.5. The van der Waals surface area contributed by atoms with Crippen LogP contribution in [0.1, 0.15) is 31.1 Å². The van der Waals surface area contributed by atoms with Crippen molar-refractivity contribution in [3.63, 3.8) is 0 Å². The molecule has 0 bridgehead atoms. The second-order valence-electron chi connectivity index (χ2n) is 13.0. The molecule has 5 aromatic rings. The molecule has 0 aromatic heterocycles. The summed E-state index contributed by atoms with van der Waals surface area (Å²) in [5.74, 6) is -71.1. The predicted molar refractivity (Wildman–Crippen MR) is 183 cm³/mol. The van der Waals surface area contributed by atoms with E-state index >= 15 is 35.1 Å². The Hall–Kier alpha value is -5.14. The van der Waals surface area contributed by atoms with Crippen LogP contribution in [0.15, 0.2) is 30.3 Å². The molecule has 0 saturated carbocycles. The topological polar surface area (TPSA) is 17.1 Å². The molecule has 328 valence electrons. The molecule has 0 aliphatic heterocycles. The van der Waals surface area contributed by atoms with Gasteiger partial charge in [-0.25, -0.2) is 87.8 Å². The number of benzene rings is 5. The van der Waals surface area contributed by atoms with E-state index in [0.717, 1.165) is 11.7 Å². The van der Waals surface area contributed by atoms with Crippen LogP contribution in [0.5, 0.6) is 0 Å². The lowest BCUT2D eigenvalue weighted by Gasteiger charge is -2.44. The predicted octanol–water partition coefficient (Wildman–Crippen LogP) is 9.79. The van der Waals surface area contributed by atoms with E-state index in [1.165, 1.54) is 18.5 Å². The van der Waals surface area contributed by atoms with Gasteiger partial charge in [0.2, 0.25) is 0 Å². The summed E-state index contributed by atoms with van der Waals surface area (Å²) in [6.07, 6.45) is -2.85. The van der Waals surface area contributed by atoms with Crippen LogP contribution in [0.4, 0.5) is 87.8 Å². The molecule has 1 nitrogen and oxygen atoms in total. The summed E-state index contributed by atoms with van der Waals surface area (Å²) in [6.45, 7) is 6.71. The van der Waals surface area contributed by atoms with Crippen LogP contribution in [0.3, 0.4) is 0 Å². The Bertz CT molecular complexity index is 2160. The Balaban J connectivity index is 0.000000430. The zero-order valence-electron chi connectivity index (χ0n) is 30.7. The molecule has 0 radical (unpaired) electrons. The van der Waals surface area contributed by atoms with E-state index in [1.54, 1.807) is 0 Å². The molecule has 0 atom stereocenters. The number of ketones is 1. The lowest BCUT2D eigenvalue weighted by molar-refractivity contribution is 0.102. The molecule has 0 spiro atoms. The summed E-state index contributed by atoms with van der Waals surface area (Å²) >= 11 is 0. The molecule has 0 N–H and O–H groups in total. The van der Waals surface area contributed by atoms with Gasteiger partial charge in [-0.15, -0.1) is 21.9 Å². The van der Waals surface area contributed by atoms with Gasteiger partial charge in [0.25, 0.3) is 0 Å². The van der Waals surface area contributed by atoms with Gasteiger partial charge < -0.3 is 0 Å². The fraction of sp³-hybridized carbons (Fsp3) is 0.184. The highest BCUT2D eigenvalue weighted by Gasteiger charge is 2.52. The number of hydrogen-bond donors (Lipinski definition) is 0. The monoisotopic (exact) mass is 916 g/mol. The second kappa shape index (κ2) is 18.1. The minimum atomic E-state index is -7.22. The third kappa shape index (κ3) is 7.73. The van der Waals surface area contributed by atoms with Gasteiger partial charge in [0.1, 0.15) is 58.8 Å². The molecular weight excluding hydrogens is 894 g/mol. The molecular formula is C38H22BF20OP. The Morgan fingerprint density at radius 1 is 0.361 bits per heavy atom. The van der Waals surface area contributed by atoms with Gasteiger partial charge in [0.05, 0.1) is 18.5 Å². The summed E-state index contributed by atoms with van der Waals surface area (Å²) < 4.78 is 294. The SMILES string of the molecule is CC[P+](CC)(CC)CC(=O)c1ccccc1.Fc1c(F)c(F)c([B-](c2c(F)c(F)c(F)c(F)c2F)(c2c(F)c(F)c(F)c(F)c2F)c2c(F)c(F)c(F)c(F)c2F)c(F)c1F. The summed E-state index contributed by atoms with van der Waals surface area (Å²) in [7, 11) is -1.01. The van der Waals surface area contributed by atoms with Crippen molar-refractivity contribution in [2.24, 2.45) is 0 Å². The second-order valence-corrected chi connectivity index (χ2v) is 17.9. The fourth-order valence-electron chi connectivity index (χ4n) is 6.90. The first-order valence-corrected chi connectivity index (χ1v) is 19.6. The molecule has 0 amide bonds. The van der Waals surface area contributed by atoms with Crippen molar-refractivity contribution in [2.45, 2.75) is 20.8 Å². The van der Waals surface area contributed by atoms with E-state index in [1.807, 2.05) is 30.3 Å². The van der Waals surface area contributed by atoms with E-state index in [2.05, 4.69) is 20.8 Å².